The summed E-state index contributed by atoms with van der Waals surface area (Å²) in [6.07, 6.45) is 33.0. The minimum Gasteiger partial charge on any atom is -0.381 e. The SMILES string of the molecule is CCCCCCCCCCCCCCC(N)CCOCCCCCCCCCCCC. The maximum Gasteiger partial charge on any atom is 0.0480 e. The Morgan fingerprint density at radius 2 is 0.774 bits per heavy atom. The van der Waals surface area contributed by atoms with Crippen LogP contribution in [0.5, 0.6) is 0 Å². The van der Waals surface area contributed by atoms with E-state index in [2.05, 4.69) is 13.8 Å². The molecule has 2 nitrogen and oxygen atoms in total. The Bertz CT molecular complexity index is 307. The normalized spacial score (nSPS) is 12.5. The van der Waals surface area contributed by atoms with E-state index < -0.39 is 0 Å². The molecule has 0 aromatic heterocycles. The first kappa shape index (κ1) is 30.9. The summed E-state index contributed by atoms with van der Waals surface area (Å²) in [5, 5.41) is 0. The summed E-state index contributed by atoms with van der Waals surface area (Å²) in [5.41, 5.74) is 6.26. The van der Waals surface area contributed by atoms with Crippen LogP contribution in [0.3, 0.4) is 0 Å². The van der Waals surface area contributed by atoms with Crippen LogP contribution in [0.2, 0.25) is 0 Å². The third kappa shape index (κ3) is 27.9. The second-order valence-corrected chi connectivity index (χ2v) is 10.0. The number of hydrogen-bond acceptors (Lipinski definition) is 2. The molecule has 0 saturated heterocycles. The molecular formula is C29H61NO. The fourth-order valence-corrected chi connectivity index (χ4v) is 4.42. The highest BCUT2D eigenvalue weighted by Gasteiger charge is 2.02. The fraction of sp³-hybridized carbons (Fsp3) is 1.00. The first-order chi connectivity index (χ1) is 15.3. The summed E-state index contributed by atoms with van der Waals surface area (Å²) in [6, 6.07) is 0.343. The Labute approximate surface area is 197 Å². The van der Waals surface area contributed by atoms with Crippen LogP contribution in [0.1, 0.15) is 168 Å². The average Bonchev–Trinajstić information content (AvgIpc) is 2.77. The van der Waals surface area contributed by atoms with Gasteiger partial charge in [0.05, 0.1) is 0 Å². The van der Waals surface area contributed by atoms with Gasteiger partial charge < -0.3 is 10.5 Å². The zero-order valence-corrected chi connectivity index (χ0v) is 21.9. The number of unbranched alkanes of at least 4 members (excludes halogenated alkanes) is 20. The minimum atomic E-state index is 0.343. The van der Waals surface area contributed by atoms with Crippen molar-refractivity contribution in [3.8, 4) is 0 Å². The molecule has 0 aromatic rings. The van der Waals surface area contributed by atoms with E-state index in [0.717, 1.165) is 19.6 Å². The third-order valence-electron chi connectivity index (χ3n) is 6.70. The first-order valence-electron chi connectivity index (χ1n) is 14.6. The highest BCUT2D eigenvalue weighted by atomic mass is 16.5. The highest BCUT2D eigenvalue weighted by molar-refractivity contribution is 4.61. The van der Waals surface area contributed by atoms with Crippen molar-refractivity contribution in [2.75, 3.05) is 13.2 Å². The van der Waals surface area contributed by atoms with Crippen molar-refractivity contribution in [3.63, 3.8) is 0 Å². The molecular weight excluding hydrogens is 378 g/mol. The molecule has 2 N–H and O–H groups in total. The quantitative estimate of drug-likeness (QED) is 0.129. The predicted octanol–water partition coefficient (Wildman–Crippen LogP) is 9.73. The van der Waals surface area contributed by atoms with E-state index in [1.54, 1.807) is 0 Å². The van der Waals surface area contributed by atoms with Gasteiger partial charge in [0, 0.05) is 19.3 Å². The Hall–Kier alpha value is -0.0800. The molecule has 1 atom stereocenters. The molecule has 188 valence electrons. The second-order valence-electron chi connectivity index (χ2n) is 10.0. The molecule has 0 amide bonds. The fourth-order valence-electron chi connectivity index (χ4n) is 4.42. The monoisotopic (exact) mass is 439 g/mol. The van der Waals surface area contributed by atoms with Crippen LogP contribution in [0.15, 0.2) is 0 Å². The topological polar surface area (TPSA) is 35.2 Å². The molecule has 0 bridgehead atoms. The van der Waals surface area contributed by atoms with E-state index in [9.17, 15) is 0 Å². The van der Waals surface area contributed by atoms with Gasteiger partial charge in [-0.1, -0.05) is 149 Å². The Balaban J connectivity index is 3.13. The zero-order chi connectivity index (χ0) is 22.7. The molecule has 31 heavy (non-hydrogen) atoms. The van der Waals surface area contributed by atoms with E-state index in [-0.39, 0.29) is 0 Å². The number of nitrogens with two attached hydrogens (primary N) is 1. The summed E-state index contributed by atoms with van der Waals surface area (Å²) in [6.45, 7) is 6.37. The maximum absolute atomic E-state index is 6.26. The number of hydrogen-bond donors (Lipinski definition) is 1. The van der Waals surface area contributed by atoms with Crippen LogP contribution in [0.4, 0.5) is 0 Å². The van der Waals surface area contributed by atoms with Gasteiger partial charge in [-0.25, -0.2) is 0 Å². The van der Waals surface area contributed by atoms with E-state index in [1.165, 1.54) is 148 Å². The van der Waals surface area contributed by atoms with E-state index in [0.29, 0.717) is 6.04 Å². The molecule has 0 fully saturated rings. The lowest BCUT2D eigenvalue weighted by Gasteiger charge is -2.12. The molecule has 2 heteroatoms. The molecule has 1 unspecified atom stereocenters. The van der Waals surface area contributed by atoms with Crippen molar-refractivity contribution in [2.24, 2.45) is 5.73 Å². The second kappa shape index (κ2) is 28.0. The molecule has 0 spiro atoms. The van der Waals surface area contributed by atoms with Crippen molar-refractivity contribution < 1.29 is 4.74 Å². The van der Waals surface area contributed by atoms with E-state index >= 15 is 0 Å². The summed E-state index contributed by atoms with van der Waals surface area (Å²) in [5.74, 6) is 0. The number of ether oxygens (including phenoxy) is 1. The number of rotatable bonds is 27. The van der Waals surface area contributed by atoms with Crippen LogP contribution in [-0.4, -0.2) is 19.3 Å². The third-order valence-corrected chi connectivity index (χ3v) is 6.70. The van der Waals surface area contributed by atoms with Crippen molar-refractivity contribution in [3.05, 3.63) is 0 Å². The molecule has 0 rings (SSSR count). The van der Waals surface area contributed by atoms with Gasteiger partial charge in [0.1, 0.15) is 0 Å². The summed E-state index contributed by atoms with van der Waals surface area (Å²) >= 11 is 0. The lowest BCUT2D eigenvalue weighted by atomic mass is 10.0. The van der Waals surface area contributed by atoms with Crippen molar-refractivity contribution in [1.29, 1.82) is 0 Å². The lowest BCUT2D eigenvalue weighted by molar-refractivity contribution is 0.122. The summed E-state index contributed by atoms with van der Waals surface area (Å²) in [4.78, 5) is 0. The van der Waals surface area contributed by atoms with Crippen LogP contribution in [0.25, 0.3) is 0 Å². The van der Waals surface area contributed by atoms with Gasteiger partial charge in [-0.2, -0.15) is 0 Å². The predicted molar refractivity (Wildman–Crippen MR) is 141 cm³/mol. The van der Waals surface area contributed by atoms with Crippen LogP contribution < -0.4 is 5.73 Å². The van der Waals surface area contributed by atoms with E-state index in [4.69, 9.17) is 10.5 Å². The van der Waals surface area contributed by atoms with Crippen LogP contribution in [0, 0.1) is 0 Å². The van der Waals surface area contributed by atoms with E-state index in [1.807, 2.05) is 0 Å². The molecule has 0 aromatic carbocycles. The minimum absolute atomic E-state index is 0.343. The van der Waals surface area contributed by atoms with Gasteiger partial charge in [0.25, 0.3) is 0 Å². The molecule has 0 aliphatic rings. The van der Waals surface area contributed by atoms with Gasteiger partial charge in [-0.15, -0.1) is 0 Å². The Kier molecular flexibility index (Phi) is 27.9. The molecule has 0 aliphatic carbocycles. The molecule has 0 heterocycles. The molecule has 0 saturated carbocycles. The maximum atomic E-state index is 6.26. The van der Waals surface area contributed by atoms with Gasteiger partial charge >= 0.3 is 0 Å². The summed E-state index contributed by atoms with van der Waals surface area (Å²) in [7, 11) is 0. The zero-order valence-electron chi connectivity index (χ0n) is 21.9. The smallest absolute Gasteiger partial charge is 0.0480 e. The lowest BCUT2D eigenvalue weighted by Crippen LogP contribution is -2.22. The Morgan fingerprint density at radius 3 is 1.19 bits per heavy atom. The standard InChI is InChI=1S/C29H61NO/c1-3-5-7-9-11-13-15-16-17-19-21-23-25-29(30)26-28-31-27-24-22-20-18-14-12-10-8-6-4-2/h29H,3-28,30H2,1-2H3. The van der Waals surface area contributed by atoms with Gasteiger partial charge in [-0.05, 0) is 19.3 Å². The average molecular weight is 440 g/mol. The summed E-state index contributed by atoms with van der Waals surface area (Å²) < 4.78 is 5.81. The van der Waals surface area contributed by atoms with Crippen molar-refractivity contribution in [2.45, 2.75) is 174 Å². The van der Waals surface area contributed by atoms with Gasteiger partial charge in [0.2, 0.25) is 0 Å². The first-order valence-corrected chi connectivity index (χ1v) is 14.6. The molecule has 0 aliphatic heterocycles. The Morgan fingerprint density at radius 1 is 0.419 bits per heavy atom. The largest absolute Gasteiger partial charge is 0.381 e. The molecule has 0 radical (unpaired) electrons. The van der Waals surface area contributed by atoms with Crippen LogP contribution in [-0.2, 0) is 4.74 Å². The van der Waals surface area contributed by atoms with Gasteiger partial charge in [0.15, 0.2) is 0 Å². The van der Waals surface area contributed by atoms with Crippen molar-refractivity contribution >= 4 is 0 Å². The highest BCUT2D eigenvalue weighted by Crippen LogP contribution is 2.13. The van der Waals surface area contributed by atoms with Crippen LogP contribution >= 0.6 is 0 Å². The van der Waals surface area contributed by atoms with Gasteiger partial charge in [-0.3, -0.25) is 0 Å². The van der Waals surface area contributed by atoms with Crippen molar-refractivity contribution in [1.82, 2.24) is 0 Å².